The molecule has 0 saturated carbocycles. The van der Waals surface area contributed by atoms with Gasteiger partial charge in [-0.05, 0) is 24.1 Å². The predicted octanol–water partition coefficient (Wildman–Crippen LogP) is 3.96. The summed E-state index contributed by atoms with van der Waals surface area (Å²) in [4.78, 5) is 29.7. The van der Waals surface area contributed by atoms with E-state index in [-0.39, 0.29) is 12.6 Å². The van der Waals surface area contributed by atoms with Crippen molar-refractivity contribution in [3.8, 4) is 0 Å². The van der Waals surface area contributed by atoms with Crippen molar-refractivity contribution in [3.63, 3.8) is 0 Å². The molecule has 3 aromatic rings. The summed E-state index contributed by atoms with van der Waals surface area (Å²) in [6.45, 7) is 2.07. The maximum Gasteiger partial charge on any atom is 0.338 e. The number of benzene rings is 2. The summed E-state index contributed by atoms with van der Waals surface area (Å²) >= 11 is 0. The van der Waals surface area contributed by atoms with E-state index in [4.69, 9.17) is 9.47 Å². The van der Waals surface area contributed by atoms with Crippen LogP contribution >= 0.6 is 0 Å². The Kier molecular flexibility index (Phi) is 7.38. The van der Waals surface area contributed by atoms with Crippen LogP contribution in [0.4, 0.5) is 0 Å². The summed E-state index contributed by atoms with van der Waals surface area (Å²) in [5.74, 6) is -1.43. The molecule has 0 fully saturated rings. The van der Waals surface area contributed by atoms with Gasteiger partial charge in [-0.25, -0.2) is 9.78 Å². The Morgan fingerprint density at radius 1 is 1.03 bits per heavy atom. The molecule has 0 bridgehead atoms. The standard InChI is InChI=1S/C24H26N2O4/c1-3-21(24(28)29-16-18-10-6-4-7-11-18)22(14-20-15-25-17-26(20)2)30-23(27)19-12-8-5-9-13-19/h4-13,15,17,21-22H,3,14,16H2,1-2H3/t21-,22+/m0/s1. The van der Waals surface area contributed by atoms with Gasteiger partial charge in [0.25, 0.3) is 0 Å². The minimum atomic E-state index is -0.665. The monoisotopic (exact) mass is 406 g/mol. The second-order valence-corrected chi connectivity index (χ2v) is 7.12. The van der Waals surface area contributed by atoms with Crippen molar-refractivity contribution in [1.82, 2.24) is 9.55 Å². The van der Waals surface area contributed by atoms with Crippen LogP contribution in [0.5, 0.6) is 0 Å². The van der Waals surface area contributed by atoms with Crippen LogP contribution in [-0.2, 0) is 34.3 Å². The fourth-order valence-corrected chi connectivity index (χ4v) is 3.25. The van der Waals surface area contributed by atoms with Crippen molar-refractivity contribution >= 4 is 11.9 Å². The first-order valence-electron chi connectivity index (χ1n) is 10.00. The lowest BCUT2D eigenvalue weighted by molar-refractivity contribution is -0.154. The van der Waals surface area contributed by atoms with Crippen molar-refractivity contribution in [2.75, 3.05) is 0 Å². The van der Waals surface area contributed by atoms with Crippen molar-refractivity contribution in [1.29, 1.82) is 0 Å². The molecule has 0 unspecified atom stereocenters. The SMILES string of the molecule is CC[C@H](C(=O)OCc1ccccc1)[C@@H](Cc1cncn1C)OC(=O)c1ccccc1. The Bertz CT molecular complexity index is 954. The van der Waals surface area contributed by atoms with Crippen LogP contribution < -0.4 is 0 Å². The summed E-state index contributed by atoms with van der Waals surface area (Å²) in [5.41, 5.74) is 2.22. The lowest BCUT2D eigenvalue weighted by Gasteiger charge is -2.25. The first-order chi connectivity index (χ1) is 14.6. The molecule has 0 aliphatic heterocycles. The van der Waals surface area contributed by atoms with Crippen molar-refractivity contribution in [3.05, 3.63) is 90.0 Å². The fraction of sp³-hybridized carbons (Fsp3) is 0.292. The van der Waals surface area contributed by atoms with Crippen LogP contribution in [0.3, 0.4) is 0 Å². The highest BCUT2D eigenvalue weighted by molar-refractivity contribution is 5.89. The highest BCUT2D eigenvalue weighted by atomic mass is 16.6. The Morgan fingerprint density at radius 2 is 1.70 bits per heavy atom. The molecule has 2 atom stereocenters. The fourth-order valence-electron chi connectivity index (χ4n) is 3.25. The molecule has 0 amide bonds. The lowest BCUT2D eigenvalue weighted by Crippen LogP contribution is -2.35. The number of aryl methyl sites for hydroxylation is 1. The molecule has 1 heterocycles. The van der Waals surface area contributed by atoms with Crippen LogP contribution in [-0.4, -0.2) is 27.6 Å². The molecule has 3 rings (SSSR count). The third-order valence-electron chi connectivity index (χ3n) is 5.01. The second-order valence-electron chi connectivity index (χ2n) is 7.12. The zero-order valence-corrected chi connectivity index (χ0v) is 17.2. The van der Waals surface area contributed by atoms with Gasteiger partial charge >= 0.3 is 11.9 Å². The van der Waals surface area contributed by atoms with Gasteiger partial charge in [0.05, 0.1) is 17.8 Å². The maximum absolute atomic E-state index is 12.9. The van der Waals surface area contributed by atoms with Crippen molar-refractivity contribution in [2.45, 2.75) is 32.5 Å². The molecule has 0 N–H and O–H groups in total. The first kappa shape index (κ1) is 21.3. The third-order valence-corrected chi connectivity index (χ3v) is 5.01. The van der Waals surface area contributed by atoms with E-state index in [9.17, 15) is 9.59 Å². The van der Waals surface area contributed by atoms with Crippen LogP contribution in [0.2, 0.25) is 0 Å². The van der Waals surface area contributed by atoms with E-state index < -0.39 is 18.0 Å². The van der Waals surface area contributed by atoms with Crippen LogP contribution in [0.1, 0.15) is 35.0 Å². The Hall–Kier alpha value is -3.41. The van der Waals surface area contributed by atoms with Crippen LogP contribution in [0, 0.1) is 5.92 Å². The van der Waals surface area contributed by atoms with Crippen LogP contribution in [0.25, 0.3) is 0 Å². The number of rotatable bonds is 9. The minimum absolute atomic E-state index is 0.182. The topological polar surface area (TPSA) is 70.4 Å². The third kappa shape index (κ3) is 5.56. The van der Waals surface area contributed by atoms with E-state index in [1.807, 2.05) is 54.9 Å². The molecule has 0 aliphatic rings. The summed E-state index contributed by atoms with van der Waals surface area (Å²) in [6.07, 6.45) is 3.58. The zero-order chi connectivity index (χ0) is 21.3. The van der Waals surface area contributed by atoms with Gasteiger partial charge in [-0.3, -0.25) is 4.79 Å². The Balaban J connectivity index is 1.76. The number of aromatic nitrogens is 2. The van der Waals surface area contributed by atoms with Gasteiger partial charge in [0.1, 0.15) is 12.7 Å². The van der Waals surface area contributed by atoms with Gasteiger partial charge in [-0.2, -0.15) is 0 Å². The van der Waals surface area contributed by atoms with E-state index in [0.29, 0.717) is 18.4 Å². The van der Waals surface area contributed by atoms with E-state index in [1.165, 1.54) is 0 Å². The molecule has 2 aromatic carbocycles. The van der Waals surface area contributed by atoms with E-state index in [2.05, 4.69) is 4.98 Å². The van der Waals surface area contributed by atoms with E-state index in [1.54, 1.807) is 36.8 Å². The quantitative estimate of drug-likeness (QED) is 0.503. The molecule has 30 heavy (non-hydrogen) atoms. The van der Waals surface area contributed by atoms with Crippen molar-refractivity contribution < 1.29 is 19.1 Å². The van der Waals surface area contributed by atoms with Crippen molar-refractivity contribution in [2.24, 2.45) is 13.0 Å². The lowest BCUT2D eigenvalue weighted by atomic mass is 9.95. The molecule has 6 heteroatoms. The van der Waals surface area contributed by atoms with Crippen LogP contribution in [0.15, 0.2) is 73.2 Å². The van der Waals surface area contributed by atoms with Gasteiger partial charge in [0.15, 0.2) is 0 Å². The highest BCUT2D eigenvalue weighted by Crippen LogP contribution is 2.21. The number of nitrogens with zero attached hydrogens (tertiary/aromatic N) is 2. The molecule has 156 valence electrons. The highest BCUT2D eigenvalue weighted by Gasteiger charge is 2.32. The molecule has 0 aliphatic carbocycles. The second kappa shape index (κ2) is 10.4. The molecule has 1 aromatic heterocycles. The number of hydrogen-bond donors (Lipinski definition) is 0. The number of hydrogen-bond acceptors (Lipinski definition) is 5. The number of ether oxygens (including phenoxy) is 2. The van der Waals surface area contributed by atoms with Gasteiger partial charge in [0.2, 0.25) is 0 Å². The Labute approximate surface area is 176 Å². The summed E-state index contributed by atoms with van der Waals surface area (Å²) in [7, 11) is 1.87. The number of carbonyl (C=O) groups excluding carboxylic acids is 2. The average molecular weight is 406 g/mol. The largest absolute Gasteiger partial charge is 0.460 e. The smallest absolute Gasteiger partial charge is 0.338 e. The normalized spacial score (nSPS) is 12.7. The summed E-state index contributed by atoms with van der Waals surface area (Å²) in [5, 5.41) is 0. The molecular weight excluding hydrogens is 380 g/mol. The first-order valence-corrected chi connectivity index (χ1v) is 10.00. The number of esters is 2. The Morgan fingerprint density at radius 3 is 2.30 bits per heavy atom. The molecule has 0 radical (unpaired) electrons. The van der Waals surface area contributed by atoms with E-state index in [0.717, 1.165) is 11.3 Å². The summed E-state index contributed by atoms with van der Waals surface area (Å²) in [6, 6.07) is 18.3. The maximum atomic E-state index is 12.9. The minimum Gasteiger partial charge on any atom is -0.460 e. The zero-order valence-electron chi connectivity index (χ0n) is 17.2. The van der Waals surface area contributed by atoms with Gasteiger partial charge in [-0.1, -0.05) is 55.5 Å². The molecule has 0 spiro atoms. The molecule has 6 nitrogen and oxygen atoms in total. The number of imidazole rings is 1. The predicted molar refractivity (Wildman–Crippen MR) is 113 cm³/mol. The number of carbonyl (C=O) groups is 2. The average Bonchev–Trinajstić information content (AvgIpc) is 3.18. The summed E-state index contributed by atoms with van der Waals surface area (Å²) < 4.78 is 13.2. The van der Waals surface area contributed by atoms with E-state index >= 15 is 0 Å². The molecular formula is C24H26N2O4. The molecule has 0 saturated heterocycles. The van der Waals surface area contributed by atoms with Gasteiger partial charge in [-0.15, -0.1) is 0 Å². The van der Waals surface area contributed by atoms with Gasteiger partial charge < -0.3 is 14.0 Å². The van der Waals surface area contributed by atoms with Gasteiger partial charge in [0, 0.05) is 25.4 Å².